The fraction of sp³-hybridized carbons (Fsp3) is 0.577. The molecule has 0 saturated heterocycles. The molecule has 1 atom stereocenters. The highest BCUT2D eigenvalue weighted by molar-refractivity contribution is 7.85. The van der Waals surface area contributed by atoms with E-state index in [1.807, 2.05) is 0 Å². The summed E-state index contributed by atoms with van der Waals surface area (Å²) < 4.78 is 38.8. The molecule has 2 aliphatic carbocycles. The third-order valence-electron chi connectivity index (χ3n) is 7.81. The number of nitrogens with zero attached hydrogens (tertiary/aromatic N) is 3. The predicted octanol–water partition coefficient (Wildman–Crippen LogP) is 5.83. The lowest BCUT2D eigenvalue weighted by molar-refractivity contribution is 0.0999. The van der Waals surface area contributed by atoms with E-state index in [-0.39, 0.29) is 22.7 Å². The smallest absolute Gasteiger partial charge is 0.316 e. The number of benzene rings is 1. The fourth-order valence-corrected chi connectivity index (χ4v) is 6.39. The topological polar surface area (TPSA) is 114 Å². The highest BCUT2D eigenvalue weighted by atomic mass is 32.2. The van der Waals surface area contributed by atoms with Crippen LogP contribution in [0.25, 0.3) is 0 Å². The monoisotopic (exact) mass is 517 g/mol. The first-order chi connectivity index (χ1) is 17.3. The van der Waals surface area contributed by atoms with E-state index in [4.69, 9.17) is 5.73 Å². The van der Waals surface area contributed by atoms with E-state index in [0.717, 1.165) is 31.6 Å². The third kappa shape index (κ3) is 5.94. The van der Waals surface area contributed by atoms with E-state index in [0.29, 0.717) is 11.6 Å². The Bertz CT molecular complexity index is 1110. The maximum atomic E-state index is 12.7. The van der Waals surface area contributed by atoms with Gasteiger partial charge in [0.2, 0.25) is 0 Å². The second-order valence-electron chi connectivity index (χ2n) is 10.1. The van der Waals surface area contributed by atoms with Crippen molar-refractivity contribution >= 4 is 28.2 Å². The second-order valence-corrected chi connectivity index (χ2v) is 11.6. The number of hydrogen-bond donors (Lipinski definition) is 2. The Kier molecular flexibility index (Phi) is 8.39. The maximum absolute atomic E-state index is 12.7. The lowest BCUT2D eigenvalue weighted by Crippen LogP contribution is -2.38. The number of anilines is 2. The Morgan fingerprint density at radius 2 is 1.81 bits per heavy atom. The number of amides is 1. The Morgan fingerprint density at radius 3 is 2.39 bits per heavy atom. The Labute approximate surface area is 212 Å². The fourth-order valence-electron chi connectivity index (χ4n) is 5.78. The predicted molar refractivity (Wildman–Crippen MR) is 134 cm³/mol. The van der Waals surface area contributed by atoms with Gasteiger partial charge in [-0.05, 0) is 68.2 Å². The van der Waals surface area contributed by atoms with E-state index in [1.54, 1.807) is 10.9 Å². The van der Waals surface area contributed by atoms with Crippen LogP contribution >= 0.6 is 0 Å². The third-order valence-corrected chi connectivity index (χ3v) is 8.87. The van der Waals surface area contributed by atoms with Crippen LogP contribution in [0.2, 0.25) is 0 Å². The van der Waals surface area contributed by atoms with Crippen molar-refractivity contribution in [1.82, 2.24) is 9.78 Å². The molecule has 2 saturated carbocycles. The second kappa shape index (κ2) is 11.5. The highest BCUT2D eigenvalue weighted by Crippen LogP contribution is 2.44. The van der Waals surface area contributed by atoms with Gasteiger partial charge in [-0.25, -0.2) is 4.21 Å². The molecule has 36 heavy (non-hydrogen) atoms. The zero-order chi connectivity index (χ0) is 25.7. The molecule has 1 aromatic heterocycles. The van der Waals surface area contributed by atoms with Crippen molar-refractivity contribution in [3.63, 3.8) is 0 Å². The summed E-state index contributed by atoms with van der Waals surface area (Å²) >= 11 is 0. The highest BCUT2D eigenvalue weighted by Gasteiger charge is 2.39. The molecule has 2 fully saturated rings. The summed E-state index contributed by atoms with van der Waals surface area (Å²) in [6.45, 7) is 0. The molecule has 10 heteroatoms. The maximum Gasteiger partial charge on any atom is 0.316 e. The van der Waals surface area contributed by atoms with Crippen LogP contribution in [0.5, 0.6) is 0 Å². The lowest BCUT2D eigenvalue weighted by atomic mass is 9.71. The quantitative estimate of drug-likeness (QED) is 0.435. The number of carbonyl (C=O) groups excluding carboxylic acids is 1. The number of carbonyl (C=O) groups is 1. The van der Waals surface area contributed by atoms with Gasteiger partial charge in [0, 0.05) is 16.8 Å². The Hall–Kier alpha value is -2.80. The number of rotatable bonds is 9. The molecule has 2 aliphatic rings. The summed E-state index contributed by atoms with van der Waals surface area (Å²) in [6, 6.07) is 8.01. The van der Waals surface area contributed by atoms with Gasteiger partial charge in [-0.3, -0.25) is 9.48 Å². The molecule has 4 rings (SSSR count). The minimum absolute atomic E-state index is 0.00848. The molecule has 1 heterocycles. The summed E-state index contributed by atoms with van der Waals surface area (Å²) in [5.41, 5.74) is 5.81. The standard InChI is InChI=1S/C26H33F2N5O2S/c27-25(28)36(35)21-8-6-20(7-9-21)31-24-22(23(30)34)17-33(32-24)26(14-15-29)12-10-19(11-13-26)16-18-4-2-1-3-5-18/h6-9,17-19,25H,1-5,10-14,16H2,(H2,30,34)(H,31,32). The molecule has 0 spiro atoms. The van der Waals surface area contributed by atoms with E-state index < -0.39 is 28.0 Å². The number of aromatic nitrogens is 2. The van der Waals surface area contributed by atoms with Crippen LogP contribution in [0.15, 0.2) is 35.4 Å². The lowest BCUT2D eigenvalue weighted by Gasteiger charge is -2.40. The van der Waals surface area contributed by atoms with Gasteiger partial charge in [0.25, 0.3) is 5.91 Å². The number of halogens is 2. The molecule has 1 amide bonds. The van der Waals surface area contributed by atoms with E-state index >= 15 is 0 Å². The molecular formula is C26H33F2N5O2S. The summed E-state index contributed by atoms with van der Waals surface area (Å²) in [4.78, 5) is 12.2. The average Bonchev–Trinajstić information content (AvgIpc) is 3.31. The van der Waals surface area contributed by atoms with Gasteiger partial charge in [-0.2, -0.15) is 19.1 Å². The SMILES string of the molecule is N#CCC1(n2cc(C(N)=O)c(Nc3ccc(S(=O)C(F)F)cc3)n2)CCC(CC2CCCCC2)CC1. The van der Waals surface area contributed by atoms with E-state index in [9.17, 15) is 23.0 Å². The van der Waals surface area contributed by atoms with Crippen LogP contribution in [0.4, 0.5) is 20.3 Å². The first kappa shape index (κ1) is 26.3. The molecule has 0 bridgehead atoms. The molecular weight excluding hydrogens is 484 g/mol. The molecule has 3 N–H and O–H groups in total. The van der Waals surface area contributed by atoms with Gasteiger partial charge in [0.1, 0.15) is 16.4 Å². The first-order valence-electron chi connectivity index (χ1n) is 12.6. The molecule has 2 aromatic rings. The van der Waals surface area contributed by atoms with Crippen LogP contribution in [-0.4, -0.2) is 25.7 Å². The number of primary amides is 1. The van der Waals surface area contributed by atoms with Crippen LogP contribution < -0.4 is 11.1 Å². The van der Waals surface area contributed by atoms with Gasteiger partial charge in [-0.1, -0.05) is 32.1 Å². The van der Waals surface area contributed by atoms with Crippen LogP contribution in [-0.2, 0) is 16.3 Å². The minimum Gasteiger partial charge on any atom is -0.365 e. The van der Waals surface area contributed by atoms with Crippen molar-refractivity contribution in [3.05, 3.63) is 36.0 Å². The van der Waals surface area contributed by atoms with E-state index in [1.165, 1.54) is 62.8 Å². The van der Waals surface area contributed by atoms with Gasteiger partial charge in [-0.15, -0.1) is 0 Å². The van der Waals surface area contributed by atoms with Gasteiger partial charge < -0.3 is 11.1 Å². The van der Waals surface area contributed by atoms with Crippen LogP contribution in [0.1, 0.15) is 81.0 Å². The van der Waals surface area contributed by atoms with Crippen LogP contribution in [0, 0.1) is 23.2 Å². The Morgan fingerprint density at radius 1 is 1.17 bits per heavy atom. The summed E-state index contributed by atoms with van der Waals surface area (Å²) in [7, 11) is -2.40. The zero-order valence-corrected chi connectivity index (χ0v) is 21.1. The van der Waals surface area contributed by atoms with E-state index in [2.05, 4.69) is 16.5 Å². The van der Waals surface area contributed by atoms with Crippen molar-refractivity contribution < 1.29 is 17.8 Å². The number of alkyl halides is 2. The van der Waals surface area contributed by atoms with Crippen molar-refractivity contribution in [2.75, 3.05) is 5.32 Å². The molecule has 0 aliphatic heterocycles. The summed E-state index contributed by atoms with van der Waals surface area (Å²) in [5.74, 6) is -1.90. The normalized spacial score (nSPS) is 23.8. The van der Waals surface area contributed by atoms with Crippen molar-refractivity contribution in [2.45, 2.75) is 86.8 Å². The molecule has 0 radical (unpaired) electrons. The van der Waals surface area contributed by atoms with Gasteiger partial charge in [0.05, 0.1) is 18.0 Å². The number of nitriles is 1. The molecule has 1 unspecified atom stereocenters. The summed E-state index contributed by atoms with van der Waals surface area (Å²) in [6.07, 6.45) is 13.5. The first-order valence-corrected chi connectivity index (χ1v) is 13.9. The molecule has 194 valence electrons. The number of hydrogen-bond acceptors (Lipinski definition) is 5. The van der Waals surface area contributed by atoms with Crippen molar-refractivity contribution in [2.24, 2.45) is 17.6 Å². The van der Waals surface area contributed by atoms with Crippen molar-refractivity contribution in [3.8, 4) is 6.07 Å². The van der Waals surface area contributed by atoms with Crippen molar-refractivity contribution in [1.29, 1.82) is 5.26 Å². The summed E-state index contributed by atoms with van der Waals surface area (Å²) in [5, 5.41) is 17.3. The zero-order valence-electron chi connectivity index (χ0n) is 20.3. The molecule has 1 aromatic carbocycles. The molecule has 7 nitrogen and oxygen atoms in total. The van der Waals surface area contributed by atoms with Crippen LogP contribution in [0.3, 0.4) is 0 Å². The number of nitrogens with two attached hydrogens (primary N) is 1. The van der Waals surface area contributed by atoms with Gasteiger partial charge in [0.15, 0.2) is 5.82 Å². The minimum atomic E-state index is -2.96. The Balaban J connectivity index is 1.51. The van der Waals surface area contributed by atoms with Gasteiger partial charge >= 0.3 is 5.76 Å². The average molecular weight is 518 g/mol. The number of nitrogens with one attached hydrogen (secondary N) is 1. The largest absolute Gasteiger partial charge is 0.365 e.